The van der Waals surface area contributed by atoms with Crippen LogP contribution in [0.3, 0.4) is 0 Å². The van der Waals surface area contributed by atoms with Gasteiger partial charge in [0.1, 0.15) is 0 Å². The largest absolute Gasteiger partial charge is 0.481 e. The Hall–Kier alpha value is -3.84. The van der Waals surface area contributed by atoms with E-state index in [-0.39, 0.29) is 123 Å². The number of hydrogen-bond acceptors (Lipinski definition) is 11. The third-order valence-electron chi connectivity index (χ3n) is 12.4. The first-order valence-electron chi connectivity index (χ1n) is 21.1. The average Bonchev–Trinajstić information content (AvgIpc) is 4.13. The zero-order valence-corrected chi connectivity index (χ0v) is 45.3. The maximum absolute atomic E-state index is 14.4. The molecule has 2 aromatic heterocycles. The summed E-state index contributed by atoms with van der Waals surface area (Å²) >= 11 is 2.17. The number of hydrogen-bond donors (Lipinski definition) is 5. The van der Waals surface area contributed by atoms with Gasteiger partial charge in [0.2, 0.25) is 5.91 Å². The van der Waals surface area contributed by atoms with Crippen molar-refractivity contribution < 1.29 is 68.2 Å². The summed E-state index contributed by atoms with van der Waals surface area (Å²) in [6.07, 6.45) is -6.76. The highest BCUT2D eigenvalue weighted by Gasteiger charge is 2.68. The van der Waals surface area contributed by atoms with E-state index >= 15 is 0 Å². The smallest absolute Gasteiger partial charge is 0.395 e. The summed E-state index contributed by atoms with van der Waals surface area (Å²) in [6, 6.07) is 4.31. The van der Waals surface area contributed by atoms with Gasteiger partial charge < -0.3 is 37.4 Å². The molecule has 412 valence electrons. The Morgan fingerprint density at radius 2 is 1.03 bits per heavy atom. The van der Waals surface area contributed by atoms with Crippen molar-refractivity contribution >= 4 is 100 Å². The minimum Gasteiger partial charge on any atom is -0.481 e. The van der Waals surface area contributed by atoms with Crippen LogP contribution in [0.5, 0.6) is 0 Å². The maximum atomic E-state index is 14.4. The normalized spacial score (nSPS) is 15.6. The topological polar surface area (TPSA) is 211 Å². The number of aliphatic carboxylic acids is 1. The van der Waals surface area contributed by atoms with Gasteiger partial charge in [-0.2, -0.15) is 80.3 Å². The van der Waals surface area contributed by atoms with Crippen LogP contribution in [-0.2, 0) is 22.4 Å². The highest BCUT2D eigenvalue weighted by molar-refractivity contribution is 7.59. The number of thiazole rings is 2. The summed E-state index contributed by atoms with van der Waals surface area (Å²) < 4.78 is 136. The average molecular weight is 1160 g/mol. The number of nitrogens with zero attached hydrogens (tertiary/aromatic N) is 4. The first kappa shape index (κ1) is 69.2. The summed E-state index contributed by atoms with van der Waals surface area (Å²) in [5.74, 6) is -10.7. The van der Waals surface area contributed by atoms with Gasteiger partial charge in [-0.25, -0.2) is 17.6 Å². The Labute approximate surface area is 451 Å². The van der Waals surface area contributed by atoms with Crippen molar-refractivity contribution in [1.29, 1.82) is 0 Å². The molecule has 0 unspecified atom stereocenters. The molecule has 0 spiro atoms. The monoisotopic (exact) mass is 1160 g/mol. The number of carboxylic acids is 1. The number of likely N-dealkylation sites (N-methyl/N-ethyl adjacent to an activating group) is 2. The van der Waals surface area contributed by atoms with Gasteiger partial charge >= 0.3 is 18.3 Å². The van der Waals surface area contributed by atoms with E-state index in [0.29, 0.717) is 16.3 Å². The van der Waals surface area contributed by atoms with Crippen molar-refractivity contribution in [2.24, 2.45) is 28.0 Å². The molecule has 0 radical (unpaired) electrons. The molecule has 0 aliphatic heterocycles. The molecule has 3 amide bonds. The second-order valence-corrected chi connectivity index (χ2v) is 19.1. The lowest BCUT2D eigenvalue weighted by atomic mass is 9.84. The van der Waals surface area contributed by atoms with Crippen molar-refractivity contribution in [3.63, 3.8) is 0 Å². The number of aromatic nitrogens is 2. The molecule has 13 nitrogen and oxygen atoms in total. The van der Waals surface area contributed by atoms with E-state index in [0.717, 1.165) is 28.7 Å². The third-order valence-corrected chi connectivity index (χ3v) is 14.2. The number of rotatable bonds is 19. The van der Waals surface area contributed by atoms with Gasteiger partial charge in [-0.05, 0) is 90.0 Å². The van der Waals surface area contributed by atoms with Gasteiger partial charge in [0.05, 0.1) is 39.4 Å². The number of alkyl halides is 6. The van der Waals surface area contributed by atoms with Crippen LogP contribution >= 0.6 is 76.7 Å². The van der Waals surface area contributed by atoms with Crippen LogP contribution < -0.4 is 22.5 Å². The Balaban J connectivity index is 0.00000113. The molecule has 2 saturated carbocycles. The summed E-state index contributed by atoms with van der Waals surface area (Å²) in [4.78, 5) is 57.4. The summed E-state index contributed by atoms with van der Waals surface area (Å²) in [6.45, 7) is 0.324. The molecule has 2 fully saturated rings. The summed E-state index contributed by atoms with van der Waals surface area (Å²) in [5.41, 5.74) is 13.8. The van der Waals surface area contributed by atoms with Crippen LogP contribution in [0, 0.1) is 34.1 Å². The van der Waals surface area contributed by atoms with Gasteiger partial charge in [-0.1, -0.05) is 12.1 Å². The number of nitrogens with two attached hydrogens (primary N) is 3. The molecular formula is C44H60F10N8O5S6. The molecule has 8 N–H and O–H groups in total. The molecule has 29 heteroatoms. The van der Waals surface area contributed by atoms with Crippen LogP contribution in [0.15, 0.2) is 47.7 Å². The lowest BCUT2D eigenvalue weighted by Gasteiger charge is -2.29. The Kier molecular flexibility index (Phi) is 27.4. The lowest BCUT2D eigenvalue weighted by molar-refractivity contribution is -0.195. The van der Waals surface area contributed by atoms with Gasteiger partial charge in [0.15, 0.2) is 23.3 Å². The van der Waals surface area contributed by atoms with Gasteiger partial charge in [-0.15, -0.1) is 22.7 Å². The van der Waals surface area contributed by atoms with E-state index in [1.165, 1.54) is 41.6 Å². The number of carbonyl (C=O) groups is 4. The fourth-order valence-electron chi connectivity index (χ4n) is 7.82. The molecule has 2 heterocycles. The van der Waals surface area contributed by atoms with Gasteiger partial charge in [0, 0.05) is 65.6 Å². The maximum Gasteiger partial charge on any atom is 0.395 e. The van der Waals surface area contributed by atoms with Crippen molar-refractivity contribution in [3.05, 3.63) is 103 Å². The molecule has 2 aliphatic rings. The van der Waals surface area contributed by atoms with Gasteiger partial charge in [0.25, 0.3) is 11.8 Å². The van der Waals surface area contributed by atoms with Crippen LogP contribution in [0.25, 0.3) is 0 Å². The second kappa shape index (κ2) is 28.9. The number of amides is 3. The first-order valence-corrected chi connectivity index (χ1v) is 22.8. The van der Waals surface area contributed by atoms with Crippen LogP contribution in [-0.4, -0.2) is 114 Å². The summed E-state index contributed by atoms with van der Waals surface area (Å²) in [5, 5.41) is 11.4. The molecule has 2 aliphatic carbocycles. The van der Waals surface area contributed by atoms with Crippen molar-refractivity contribution in [3.8, 4) is 0 Å². The predicted molar refractivity (Wildman–Crippen MR) is 278 cm³/mol. The number of carbonyl (C=O) groups excluding carboxylic acids is 3. The van der Waals surface area contributed by atoms with Crippen molar-refractivity contribution in [2.75, 3.05) is 41.3 Å². The molecule has 2 aromatic carbocycles. The minimum atomic E-state index is -4.44. The van der Waals surface area contributed by atoms with E-state index in [4.69, 9.17) is 22.3 Å². The molecule has 4 aromatic rings. The zero-order valence-electron chi connectivity index (χ0n) is 39.7. The number of primary amides is 2. The standard InChI is InChI=1S/C22H25F5N4O2S.C12H17F2N3O.C10H10F3NO2S.4H2S/c1-31(2)13(7-12-3-4-14(20(28)33)19(24)18(12)23)9-30-17(32)8-15(16-10-29-11-34-16)21(5-6-21)22(25,26)27;1-17(2)8(6-15)5-7-3-4-9(12(16)18)11(14)10(7)13;11-10(12,13)9(1-2-9)6(3-8(15)16)7-4-14-5-17-7;;;;/h3-4,10-11,13,15H,5-9H2,1-2H3,(H2,28,33)(H,30,32);3-4,8H,5-6,15H2,1-2H3,(H2,16,18);4-6H,1-3H2,(H,15,16);4*1H2/t13-,15+;8-;6-;;;;/m001..../s1. The van der Waals surface area contributed by atoms with E-state index in [9.17, 15) is 63.1 Å². The summed E-state index contributed by atoms with van der Waals surface area (Å²) in [7, 11) is 6.96. The van der Waals surface area contributed by atoms with Gasteiger partial charge in [-0.3, -0.25) is 29.1 Å². The molecule has 0 bridgehead atoms. The van der Waals surface area contributed by atoms with Crippen molar-refractivity contribution in [1.82, 2.24) is 25.1 Å². The minimum absolute atomic E-state index is 0. The van der Waals surface area contributed by atoms with E-state index < -0.39 is 106 Å². The second-order valence-electron chi connectivity index (χ2n) is 17.2. The molecule has 6 rings (SSSR count). The van der Waals surface area contributed by atoms with Crippen molar-refractivity contribution in [2.45, 2.75) is 87.6 Å². The zero-order chi connectivity index (χ0) is 51.8. The number of carboxylic acid groups (broad SMARTS) is 1. The first-order chi connectivity index (χ1) is 32.1. The number of halogens is 10. The van der Waals surface area contributed by atoms with E-state index in [2.05, 4.69) is 15.3 Å². The molecular weight excluding hydrogens is 1100 g/mol. The fourth-order valence-corrected chi connectivity index (χ4v) is 9.50. The van der Waals surface area contributed by atoms with Crippen LogP contribution in [0.2, 0.25) is 0 Å². The Morgan fingerprint density at radius 3 is 1.32 bits per heavy atom. The highest BCUT2D eigenvalue weighted by atomic mass is 32.1. The fraction of sp³-hybridized carbons (Fsp3) is 0.500. The third kappa shape index (κ3) is 17.3. The van der Waals surface area contributed by atoms with Crippen LogP contribution in [0.1, 0.15) is 92.0 Å². The number of benzene rings is 2. The molecule has 4 atom stereocenters. The SMILES string of the molecule is CN(C)[C@H](CN)Cc1ccc(C(N)=O)c(F)c1F.CN(C)[C@H](CNC(=O)C[C@H](c1cncs1)C1(C(F)(F)F)CC1)Cc1ccc(C(N)=O)c(F)c1F.O=C(O)C[C@H](c1cncs1)C1(C(F)(F)F)CC1.S.S.S.S. The molecule has 0 saturated heterocycles. The quantitative estimate of drug-likeness (QED) is 0.0580. The van der Waals surface area contributed by atoms with Crippen LogP contribution in [0.4, 0.5) is 43.9 Å². The Bertz CT molecular complexity index is 2410. The highest BCUT2D eigenvalue weighted by Crippen LogP contribution is 2.67. The number of nitrogens with one attached hydrogen (secondary N) is 1. The molecule has 73 heavy (non-hydrogen) atoms. The van der Waals surface area contributed by atoms with E-state index in [1.807, 2.05) is 19.0 Å². The Morgan fingerprint density at radius 1 is 0.658 bits per heavy atom. The lowest BCUT2D eigenvalue weighted by Crippen LogP contribution is -2.43. The predicted octanol–water partition coefficient (Wildman–Crippen LogP) is 7.62. The van der Waals surface area contributed by atoms with E-state index in [1.54, 1.807) is 19.0 Å².